The summed E-state index contributed by atoms with van der Waals surface area (Å²) < 4.78 is 77.3. The summed E-state index contributed by atoms with van der Waals surface area (Å²) in [6, 6.07) is 5.59. The minimum Gasteiger partial charge on any atom is -0.744 e. The molecule has 18 heteroatoms. The maximum absolute atomic E-state index is 14.6. The fourth-order valence-electron chi connectivity index (χ4n) is 7.05. The van der Waals surface area contributed by atoms with Crippen LogP contribution in [-0.2, 0) is 57.7 Å². The van der Waals surface area contributed by atoms with Crippen molar-refractivity contribution in [3.63, 3.8) is 0 Å². The first-order valence-electron chi connectivity index (χ1n) is 21.5. The first kappa shape index (κ1) is 59.3. The third kappa shape index (κ3) is 24.8. The van der Waals surface area contributed by atoms with Gasteiger partial charge in [0.25, 0.3) is 0 Å². The third-order valence-corrected chi connectivity index (χ3v) is 11.5. The maximum atomic E-state index is 14.6. The number of carboxylic acid groups (broad SMARTS) is 1. The Labute approximate surface area is 387 Å². The number of benzene rings is 1. The molecule has 348 valence electrons. The van der Waals surface area contributed by atoms with E-state index in [1.54, 1.807) is 19.1 Å². The van der Waals surface area contributed by atoms with Gasteiger partial charge in [-0.15, -0.1) is 0 Å². The zero-order chi connectivity index (χ0) is 45.3. The van der Waals surface area contributed by atoms with Gasteiger partial charge in [0, 0.05) is 50.2 Å². The van der Waals surface area contributed by atoms with Gasteiger partial charge in [0.05, 0.1) is 77.6 Å². The van der Waals surface area contributed by atoms with Crippen LogP contribution < -0.4 is 40.4 Å². The van der Waals surface area contributed by atoms with E-state index in [9.17, 15) is 32.5 Å². The predicted octanol–water partition coefficient (Wildman–Crippen LogP) is 0.293. The predicted molar refractivity (Wildman–Crippen MR) is 223 cm³/mol. The number of hydrogen-bond donors (Lipinski definition) is 1. The summed E-state index contributed by atoms with van der Waals surface area (Å²) in [6.07, 6.45) is -1.43. The third-order valence-electron chi connectivity index (χ3n) is 10.6. The Kier molecular flexibility index (Phi) is 31.1. The molecule has 0 radical (unpaired) electrons. The van der Waals surface area contributed by atoms with Crippen LogP contribution in [0.1, 0.15) is 92.1 Å². The molecule has 5 unspecified atom stereocenters. The summed E-state index contributed by atoms with van der Waals surface area (Å²) in [5.41, 5.74) is 6.29. The Morgan fingerprint density at radius 1 is 0.689 bits per heavy atom. The van der Waals surface area contributed by atoms with Gasteiger partial charge >= 0.3 is 35.5 Å². The fourth-order valence-corrected chi connectivity index (χ4v) is 7.52. The number of nitrogens with zero attached hydrogens (tertiary/aromatic N) is 1. The SMILES string of the molecule is CCOCC(COCC)OCC(COC(COCC)COCC)OC(=O)C(CC(CC(CC)C(N)=O)C(=O)[O-])CC(CC(C)C[N+](C)(C)CC)c1ccc(S(=O)(=O)[O-])cc1.[Na+]. The number of rotatable bonds is 36. The molecule has 0 saturated carbocycles. The van der Waals surface area contributed by atoms with Crippen molar-refractivity contribution in [2.24, 2.45) is 29.4 Å². The van der Waals surface area contributed by atoms with Crippen LogP contribution in [-0.4, -0.2) is 147 Å². The molecule has 0 fully saturated rings. The van der Waals surface area contributed by atoms with Crippen molar-refractivity contribution in [1.82, 2.24) is 0 Å². The molecule has 0 spiro atoms. The van der Waals surface area contributed by atoms with Crippen LogP contribution in [0, 0.1) is 23.7 Å². The summed E-state index contributed by atoms with van der Waals surface area (Å²) in [5, 5.41) is 12.7. The minimum absolute atomic E-state index is 0. The second-order valence-electron chi connectivity index (χ2n) is 16.0. The van der Waals surface area contributed by atoms with Gasteiger partial charge in [-0.05, 0) is 90.3 Å². The molecule has 1 aromatic rings. The Bertz CT molecular complexity index is 1430. The van der Waals surface area contributed by atoms with Gasteiger partial charge in [0.15, 0.2) is 0 Å². The van der Waals surface area contributed by atoms with Crippen LogP contribution in [0.4, 0.5) is 0 Å². The van der Waals surface area contributed by atoms with Crippen LogP contribution in [0.3, 0.4) is 0 Å². The van der Waals surface area contributed by atoms with Crippen molar-refractivity contribution in [1.29, 1.82) is 0 Å². The molecule has 0 aromatic heterocycles. The number of amides is 1. The molecule has 16 nitrogen and oxygen atoms in total. The number of quaternary nitrogens is 1. The molecule has 0 heterocycles. The molecule has 1 amide bonds. The summed E-state index contributed by atoms with van der Waals surface area (Å²) in [7, 11) is -0.511. The molecule has 0 aliphatic carbocycles. The quantitative estimate of drug-likeness (QED) is 0.0414. The number of nitrogens with two attached hydrogens (primary N) is 1. The Hall–Kier alpha value is -1.74. The molecule has 1 rings (SSSR count). The molecule has 5 atom stereocenters. The summed E-state index contributed by atoms with van der Waals surface area (Å²) >= 11 is 0. The van der Waals surface area contributed by atoms with E-state index in [1.807, 2.05) is 27.7 Å². The number of hydrogen-bond acceptors (Lipinski definition) is 14. The van der Waals surface area contributed by atoms with Crippen molar-refractivity contribution in [2.75, 3.05) is 93.3 Å². The van der Waals surface area contributed by atoms with Gasteiger partial charge < -0.3 is 57.8 Å². The average molecular weight is 899 g/mol. The summed E-state index contributed by atoms with van der Waals surface area (Å²) in [4.78, 5) is 39.2. The molecule has 0 aliphatic rings. The Morgan fingerprint density at radius 3 is 1.52 bits per heavy atom. The molecule has 61 heavy (non-hydrogen) atoms. The molecule has 0 saturated heterocycles. The fraction of sp³-hybridized carbons (Fsp3) is 0.791. The van der Waals surface area contributed by atoms with Crippen LogP contribution >= 0.6 is 0 Å². The zero-order valence-corrected chi connectivity index (χ0v) is 41.4. The van der Waals surface area contributed by atoms with Gasteiger partial charge in [-0.25, -0.2) is 8.42 Å². The second kappa shape index (κ2) is 32.0. The van der Waals surface area contributed by atoms with Gasteiger partial charge in [-0.2, -0.15) is 0 Å². The monoisotopic (exact) mass is 898 g/mol. The van der Waals surface area contributed by atoms with E-state index in [0.717, 1.165) is 13.1 Å². The van der Waals surface area contributed by atoms with Gasteiger partial charge in [0.1, 0.15) is 28.4 Å². The van der Waals surface area contributed by atoms with E-state index in [-0.39, 0.29) is 94.4 Å². The van der Waals surface area contributed by atoms with Crippen LogP contribution in [0.5, 0.6) is 0 Å². The zero-order valence-electron chi connectivity index (χ0n) is 38.6. The number of carbonyl (C=O) groups excluding carboxylic acids is 3. The number of ether oxygens (including phenoxy) is 7. The van der Waals surface area contributed by atoms with Crippen LogP contribution in [0.25, 0.3) is 0 Å². The number of aliphatic carboxylic acids is 1. The van der Waals surface area contributed by atoms with E-state index in [1.165, 1.54) is 12.1 Å². The van der Waals surface area contributed by atoms with E-state index in [2.05, 4.69) is 27.9 Å². The minimum atomic E-state index is -4.73. The number of carboxylic acids is 1. The van der Waals surface area contributed by atoms with E-state index >= 15 is 0 Å². The molecular weight excluding hydrogens is 824 g/mol. The number of primary amides is 1. The van der Waals surface area contributed by atoms with E-state index in [0.29, 0.717) is 49.3 Å². The van der Waals surface area contributed by atoms with E-state index in [4.69, 9.17) is 38.9 Å². The first-order valence-corrected chi connectivity index (χ1v) is 22.9. The Morgan fingerprint density at radius 2 is 1.15 bits per heavy atom. The van der Waals surface area contributed by atoms with Crippen LogP contribution in [0.2, 0.25) is 0 Å². The van der Waals surface area contributed by atoms with Crippen molar-refractivity contribution in [3.8, 4) is 0 Å². The van der Waals surface area contributed by atoms with Crippen molar-refractivity contribution in [3.05, 3.63) is 29.8 Å². The average Bonchev–Trinajstić information content (AvgIpc) is 3.19. The number of carbonyl (C=O) groups is 3. The maximum Gasteiger partial charge on any atom is 1.00 e. The molecule has 0 bridgehead atoms. The molecule has 1 aromatic carbocycles. The Balaban J connectivity index is 0.0000360. The standard InChI is InChI=1S/C43H76N2O14S.Na/c1-10-32(41(44)46)21-35(42(47)48)23-36(22-34(20-31(7)24-45(8,9)11-2)33-16-18-40(19-17-33)60(50,51)52)43(49)59-39(29-57-37(25-53-12-3)26-54-13-4)30-58-38(27-55-14-5)28-56-15-6;/h16-19,31-32,34-39H,10-15,20-30H2,1-9H3,(H3-,44,46,47,48,50,51,52);/q;+1/p-1. The molecule has 0 aliphatic heterocycles. The van der Waals surface area contributed by atoms with Gasteiger partial charge in [-0.3, -0.25) is 9.59 Å². The van der Waals surface area contributed by atoms with Gasteiger partial charge in [-0.1, -0.05) is 26.0 Å². The molecule has 2 N–H and O–H groups in total. The second-order valence-corrected chi connectivity index (χ2v) is 17.4. The smallest absolute Gasteiger partial charge is 0.744 e. The van der Waals surface area contributed by atoms with Crippen molar-refractivity contribution < 1.29 is 99.7 Å². The number of esters is 1. The topological polar surface area (TPSA) is 222 Å². The molecular formula is C43H75N2NaO14S. The van der Waals surface area contributed by atoms with Gasteiger partial charge in [0.2, 0.25) is 5.91 Å². The summed E-state index contributed by atoms with van der Waals surface area (Å²) in [5.74, 6) is -6.19. The van der Waals surface area contributed by atoms with E-state index < -0.39 is 74.8 Å². The summed E-state index contributed by atoms with van der Waals surface area (Å²) in [6.45, 7) is 17.4. The van der Waals surface area contributed by atoms with Crippen molar-refractivity contribution in [2.45, 2.75) is 110 Å². The van der Waals surface area contributed by atoms with Crippen LogP contribution in [0.15, 0.2) is 29.2 Å². The largest absolute Gasteiger partial charge is 1.00 e. The normalized spacial score (nSPS) is 14.7. The first-order chi connectivity index (χ1) is 28.3. The van der Waals surface area contributed by atoms with Crippen molar-refractivity contribution >= 4 is 28.0 Å².